The first-order chi connectivity index (χ1) is 15.2. The van der Waals surface area contributed by atoms with Crippen LogP contribution in [0.1, 0.15) is 29.8 Å². The summed E-state index contributed by atoms with van der Waals surface area (Å²) in [6, 6.07) is 8.41. The minimum atomic E-state index is -2.81. The maximum Gasteiger partial charge on any atom is 0.299 e. The van der Waals surface area contributed by atoms with E-state index in [4.69, 9.17) is 16.3 Å². The average Bonchev–Trinajstić information content (AvgIpc) is 2.72. The third-order valence-corrected chi connectivity index (χ3v) is 5.21. The van der Waals surface area contributed by atoms with Crippen LogP contribution in [0.25, 0.3) is 11.0 Å². The van der Waals surface area contributed by atoms with E-state index in [-0.39, 0.29) is 35.1 Å². The largest absolute Gasteiger partial charge is 0.407 e. The van der Waals surface area contributed by atoms with Crippen LogP contribution in [0.3, 0.4) is 0 Å². The second kappa shape index (κ2) is 8.16. The summed E-state index contributed by atoms with van der Waals surface area (Å²) in [7, 11) is 0. The molecule has 1 aliphatic heterocycles. The topological polar surface area (TPSA) is 104 Å². The smallest absolute Gasteiger partial charge is 0.299 e. The van der Waals surface area contributed by atoms with Gasteiger partial charge in [0.25, 0.3) is 12.4 Å². The van der Waals surface area contributed by atoms with Crippen molar-refractivity contribution in [3.63, 3.8) is 0 Å². The van der Waals surface area contributed by atoms with Gasteiger partial charge in [0.1, 0.15) is 11.2 Å². The van der Waals surface area contributed by atoms with Gasteiger partial charge < -0.3 is 15.0 Å². The molecule has 0 aliphatic carbocycles. The molecule has 0 amide bonds. The first-order valence-electron chi connectivity index (χ1n) is 9.59. The Morgan fingerprint density at radius 1 is 1.31 bits per heavy atom. The van der Waals surface area contributed by atoms with E-state index in [9.17, 15) is 18.8 Å². The third kappa shape index (κ3) is 4.11. The fourth-order valence-electron chi connectivity index (χ4n) is 3.59. The molecule has 0 spiro atoms. The van der Waals surface area contributed by atoms with Gasteiger partial charge in [0.2, 0.25) is 5.88 Å². The Balaban J connectivity index is 1.77. The van der Waals surface area contributed by atoms with Crippen LogP contribution in [0.15, 0.2) is 24.3 Å². The Morgan fingerprint density at radius 2 is 2.06 bits per heavy atom. The minimum Gasteiger partial charge on any atom is -0.407 e. The number of aromatic nitrogens is 3. The molecular weight excluding hydrogens is 442 g/mol. The Morgan fingerprint density at radius 3 is 2.72 bits per heavy atom. The fourth-order valence-corrected chi connectivity index (χ4v) is 3.72. The molecule has 11 heteroatoms. The summed E-state index contributed by atoms with van der Waals surface area (Å²) >= 11 is 5.88. The number of nitrogens with one attached hydrogen (secondary N) is 1. The predicted octanol–water partition coefficient (Wildman–Crippen LogP) is 4.02. The maximum absolute atomic E-state index is 13.4. The zero-order valence-electron chi connectivity index (χ0n) is 17.1. The number of halogens is 3. The second-order valence-corrected chi connectivity index (χ2v) is 7.90. The molecule has 1 saturated heterocycles. The normalized spacial score (nSPS) is 15.6. The van der Waals surface area contributed by atoms with Crippen LogP contribution in [-0.2, 0) is 4.79 Å². The molecule has 1 aromatic carbocycles. The lowest BCUT2D eigenvalue weighted by molar-refractivity contribution is -0.120. The molecule has 164 valence electrons. The SMILES string of the molecule is Cc1cc([C@@H](C)Nc2ccc(Cl)nc2OC=O)c2nc(N3CC(F)(F)C3)c(C#N)nc2c1. The van der Waals surface area contributed by atoms with Gasteiger partial charge in [-0.1, -0.05) is 17.7 Å². The van der Waals surface area contributed by atoms with Crippen molar-refractivity contribution in [2.75, 3.05) is 23.3 Å². The number of hydrogen-bond donors (Lipinski definition) is 1. The van der Waals surface area contributed by atoms with E-state index >= 15 is 0 Å². The molecule has 32 heavy (non-hydrogen) atoms. The van der Waals surface area contributed by atoms with Gasteiger partial charge in [-0.2, -0.15) is 10.2 Å². The van der Waals surface area contributed by atoms with E-state index in [1.54, 1.807) is 18.2 Å². The molecule has 0 radical (unpaired) electrons. The van der Waals surface area contributed by atoms with Crippen molar-refractivity contribution >= 4 is 40.6 Å². The molecule has 0 unspecified atom stereocenters. The zero-order chi connectivity index (χ0) is 23.0. The van der Waals surface area contributed by atoms with Gasteiger partial charge in [-0.15, -0.1) is 0 Å². The number of aryl methyl sites for hydroxylation is 1. The second-order valence-electron chi connectivity index (χ2n) is 7.51. The van der Waals surface area contributed by atoms with E-state index < -0.39 is 19.0 Å². The van der Waals surface area contributed by atoms with Crippen LogP contribution >= 0.6 is 11.6 Å². The van der Waals surface area contributed by atoms with Crippen LogP contribution in [-0.4, -0.2) is 40.4 Å². The number of alkyl halides is 2. The Hall–Kier alpha value is -3.58. The van der Waals surface area contributed by atoms with Crippen molar-refractivity contribution in [2.45, 2.75) is 25.8 Å². The van der Waals surface area contributed by atoms with Crippen LogP contribution in [0.5, 0.6) is 5.88 Å². The summed E-state index contributed by atoms with van der Waals surface area (Å²) in [4.78, 5) is 25.1. The van der Waals surface area contributed by atoms with Gasteiger partial charge in [-0.3, -0.25) is 4.79 Å². The fraction of sp³-hybridized carbons (Fsp3) is 0.286. The number of hydrogen-bond acceptors (Lipinski definition) is 8. The first kappa shape index (κ1) is 21.6. The highest BCUT2D eigenvalue weighted by Gasteiger charge is 2.45. The number of pyridine rings is 1. The summed E-state index contributed by atoms with van der Waals surface area (Å²) in [5, 5.41) is 12.8. The van der Waals surface area contributed by atoms with Gasteiger partial charge in [0.05, 0.1) is 35.9 Å². The van der Waals surface area contributed by atoms with E-state index in [0.29, 0.717) is 16.7 Å². The lowest BCUT2D eigenvalue weighted by atomic mass is 10.0. The Labute approximate surface area is 186 Å². The molecule has 0 saturated carbocycles. The number of rotatable bonds is 6. The number of benzene rings is 1. The van der Waals surface area contributed by atoms with Gasteiger partial charge in [0, 0.05) is 5.56 Å². The summed E-state index contributed by atoms with van der Waals surface area (Å²) in [6.07, 6.45) is 0. The summed E-state index contributed by atoms with van der Waals surface area (Å²) in [5.41, 5.74) is 2.96. The summed E-state index contributed by atoms with van der Waals surface area (Å²) < 4.78 is 31.7. The standard InChI is InChI=1S/C21H17ClF2N6O2/c1-11-5-13(12(2)26-14-3-4-17(22)28-20(14)32-10-31)18-15(6-11)27-16(7-25)19(29-18)30-8-21(23,24)9-30/h3-6,10,12,26H,8-9H2,1-2H3/t12-/m1/s1. The van der Waals surface area contributed by atoms with Crippen LogP contribution < -0.4 is 15.0 Å². The van der Waals surface area contributed by atoms with E-state index in [1.165, 1.54) is 4.90 Å². The number of carbonyl (C=O) groups is 1. The van der Waals surface area contributed by atoms with Crippen molar-refractivity contribution in [3.8, 4) is 11.9 Å². The first-order valence-corrected chi connectivity index (χ1v) is 9.97. The molecule has 1 aliphatic rings. The predicted molar refractivity (Wildman–Crippen MR) is 114 cm³/mol. The third-order valence-electron chi connectivity index (χ3n) is 5.00. The molecule has 1 atom stereocenters. The highest BCUT2D eigenvalue weighted by Crippen LogP contribution is 2.35. The lowest BCUT2D eigenvalue weighted by Crippen LogP contribution is -2.57. The Kier molecular flexibility index (Phi) is 5.52. The van der Waals surface area contributed by atoms with Crippen LogP contribution in [0.4, 0.5) is 20.3 Å². The molecule has 2 aromatic heterocycles. The molecule has 4 rings (SSSR count). The van der Waals surface area contributed by atoms with Gasteiger partial charge in [-0.05, 0) is 37.6 Å². The number of ether oxygens (including phenoxy) is 1. The molecule has 1 N–H and O–H groups in total. The molecule has 3 aromatic rings. The minimum absolute atomic E-state index is 0.00580. The van der Waals surface area contributed by atoms with Gasteiger partial charge >= 0.3 is 0 Å². The molecule has 0 bridgehead atoms. The van der Waals surface area contributed by atoms with Crippen molar-refractivity contribution in [3.05, 3.63) is 46.2 Å². The highest BCUT2D eigenvalue weighted by molar-refractivity contribution is 6.29. The van der Waals surface area contributed by atoms with Gasteiger partial charge in [-0.25, -0.2) is 18.7 Å². The highest BCUT2D eigenvalue weighted by atomic mass is 35.5. The van der Waals surface area contributed by atoms with Crippen LogP contribution in [0.2, 0.25) is 5.15 Å². The average molecular weight is 459 g/mol. The van der Waals surface area contributed by atoms with Gasteiger partial charge in [0.15, 0.2) is 11.5 Å². The monoisotopic (exact) mass is 458 g/mol. The summed E-state index contributed by atoms with van der Waals surface area (Å²) in [5.74, 6) is -2.68. The maximum atomic E-state index is 13.4. The van der Waals surface area contributed by atoms with E-state index in [2.05, 4.69) is 20.3 Å². The van der Waals surface area contributed by atoms with Crippen molar-refractivity contribution in [2.24, 2.45) is 0 Å². The number of nitriles is 1. The van der Waals surface area contributed by atoms with Crippen LogP contribution in [0, 0.1) is 18.3 Å². The molecule has 3 heterocycles. The number of fused-ring (bicyclic) bond motifs is 1. The quantitative estimate of drug-likeness (QED) is 0.436. The molecule has 1 fully saturated rings. The number of nitrogens with zero attached hydrogens (tertiary/aromatic N) is 5. The Bertz CT molecular complexity index is 1260. The number of carbonyl (C=O) groups excluding carboxylic acids is 1. The lowest BCUT2D eigenvalue weighted by Gasteiger charge is -2.39. The van der Waals surface area contributed by atoms with E-state index in [1.807, 2.05) is 26.0 Å². The van der Waals surface area contributed by atoms with Crippen molar-refractivity contribution in [1.82, 2.24) is 15.0 Å². The van der Waals surface area contributed by atoms with Crippen molar-refractivity contribution < 1.29 is 18.3 Å². The van der Waals surface area contributed by atoms with Crippen molar-refractivity contribution in [1.29, 1.82) is 5.26 Å². The number of anilines is 2. The zero-order valence-corrected chi connectivity index (χ0v) is 17.8. The van der Waals surface area contributed by atoms with E-state index in [0.717, 1.165) is 11.1 Å². The molecular formula is C21H17ClF2N6O2. The molecule has 8 nitrogen and oxygen atoms in total. The summed E-state index contributed by atoms with van der Waals surface area (Å²) in [6.45, 7) is 2.95.